The summed E-state index contributed by atoms with van der Waals surface area (Å²) in [6, 6.07) is 3.36. The van der Waals surface area contributed by atoms with Crippen LogP contribution in [-0.2, 0) is 33.3 Å². The van der Waals surface area contributed by atoms with Crippen molar-refractivity contribution < 1.29 is 43.2 Å². The lowest BCUT2D eigenvalue weighted by Gasteiger charge is -2.48. The first kappa shape index (κ1) is 30.0. The van der Waals surface area contributed by atoms with E-state index in [-0.39, 0.29) is 35.4 Å². The topological polar surface area (TPSA) is 133 Å². The number of hydrogen-bond acceptors (Lipinski definition) is 9. The maximum absolute atomic E-state index is 13.4. The van der Waals surface area contributed by atoms with Crippen LogP contribution in [0.15, 0.2) is 42.1 Å². The smallest absolute Gasteiger partial charge is 0.355 e. The Balaban J connectivity index is 1.55. The van der Waals surface area contributed by atoms with E-state index in [0.29, 0.717) is 5.69 Å². The van der Waals surface area contributed by atoms with Crippen LogP contribution in [-0.4, -0.2) is 82.7 Å². The van der Waals surface area contributed by atoms with Crippen LogP contribution in [0.3, 0.4) is 0 Å². The van der Waals surface area contributed by atoms with E-state index >= 15 is 0 Å². The van der Waals surface area contributed by atoms with Gasteiger partial charge < -0.3 is 33.8 Å². The highest BCUT2D eigenvalue weighted by molar-refractivity contribution is 9.09. The van der Waals surface area contributed by atoms with E-state index in [4.69, 9.17) is 23.7 Å². The second-order valence-corrected chi connectivity index (χ2v) is 12.2. The highest BCUT2D eigenvalue weighted by Gasteiger charge is 2.69. The molecule has 4 aliphatic rings. The van der Waals surface area contributed by atoms with Crippen molar-refractivity contribution in [3.05, 3.63) is 47.8 Å². The summed E-state index contributed by atoms with van der Waals surface area (Å²) in [6.45, 7) is 7.44. The molecule has 41 heavy (non-hydrogen) atoms. The summed E-state index contributed by atoms with van der Waals surface area (Å²) in [7, 11) is 1.45. The zero-order valence-corrected chi connectivity index (χ0v) is 25.4. The summed E-state index contributed by atoms with van der Waals surface area (Å²) < 4.78 is 30.0. The molecule has 0 unspecified atom stereocenters. The molecule has 1 saturated heterocycles. The van der Waals surface area contributed by atoms with Gasteiger partial charge in [-0.2, -0.15) is 0 Å². The van der Waals surface area contributed by atoms with Gasteiger partial charge in [0.25, 0.3) is 0 Å². The van der Waals surface area contributed by atoms with Gasteiger partial charge in [-0.1, -0.05) is 48.0 Å². The van der Waals surface area contributed by atoms with Gasteiger partial charge in [0.1, 0.15) is 41.0 Å². The third-order valence-electron chi connectivity index (χ3n) is 9.35. The number of aromatic amines is 1. The Morgan fingerprint density at radius 1 is 1.29 bits per heavy atom. The molecule has 3 heterocycles. The summed E-state index contributed by atoms with van der Waals surface area (Å²) in [5, 5.41) is 11.8. The Morgan fingerprint density at radius 3 is 2.71 bits per heavy atom. The molecule has 1 spiro atoms. The highest BCUT2D eigenvalue weighted by Crippen LogP contribution is 2.61. The molecule has 2 aliphatic carbocycles. The minimum Gasteiger partial charge on any atom is -0.458 e. The predicted octanol–water partition coefficient (Wildman–Crippen LogP) is 3.35. The predicted molar refractivity (Wildman–Crippen MR) is 150 cm³/mol. The maximum atomic E-state index is 13.4. The third kappa shape index (κ3) is 5.08. The molecule has 1 aromatic rings. The normalized spacial score (nSPS) is 41.8. The Hall–Kier alpha value is -2.47. The number of hydrogen-bond donors (Lipinski definition) is 2. The number of rotatable bonds is 6. The lowest BCUT2D eigenvalue weighted by Crippen LogP contribution is -2.57. The van der Waals surface area contributed by atoms with Crippen molar-refractivity contribution in [3.63, 3.8) is 0 Å². The van der Waals surface area contributed by atoms with Crippen LogP contribution in [0.4, 0.5) is 0 Å². The van der Waals surface area contributed by atoms with Crippen LogP contribution in [0.25, 0.3) is 0 Å². The Bertz CT molecular complexity index is 1210. The lowest BCUT2D eigenvalue weighted by atomic mass is 9.57. The number of alkyl halides is 1. The Morgan fingerprint density at radius 2 is 2.05 bits per heavy atom. The monoisotopic (exact) mass is 635 g/mol. The van der Waals surface area contributed by atoms with Crippen molar-refractivity contribution in [2.75, 3.05) is 12.4 Å². The van der Waals surface area contributed by atoms with Gasteiger partial charge in [0.2, 0.25) is 0 Å². The van der Waals surface area contributed by atoms with Crippen molar-refractivity contribution in [3.8, 4) is 0 Å². The molecule has 11 heteroatoms. The number of carbonyl (C=O) groups excluding carboxylic acids is 3. The molecule has 5 rings (SSSR count). The highest BCUT2D eigenvalue weighted by atomic mass is 79.9. The largest absolute Gasteiger partial charge is 0.458 e. The number of halogens is 1. The molecule has 0 amide bonds. The second-order valence-electron chi connectivity index (χ2n) is 11.7. The maximum Gasteiger partial charge on any atom is 0.355 e. The summed E-state index contributed by atoms with van der Waals surface area (Å²) in [5.41, 5.74) is 0.220. The number of aliphatic hydroxyl groups excluding tert-OH is 1. The van der Waals surface area contributed by atoms with Gasteiger partial charge in [-0.05, 0) is 38.0 Å². The number of aromatic nitrogens is 1. The van der Waals surface area contributed by atoms with Crippen molar-refractivity contribution >= 4 is 33.8 Å². The van der Waals surface area contributed by atoms with Crippen molar-refractivity contribution in [1.29, 1.82) is 0 Å². The zero-order valence-electron chi connectivity index (χ0n) is 23.8. The van der Waals surface area contributed by atoms with Crippen LogP contribution in [0.1, 0.15) is 44.6 Å². The van der Waals surface area contributed by atoms with Gasteiger partial charge in [0, 0.05) is 42.9 Å². The molecular formula is C30H38BrNO9. The fourth-order valence-electron chi connectivity index (χ4n) is 7.44. The molecular weight excluding hydrogens is 598 g/mol. The molecule has 2 aliphatic heterocycles. The van der Waals surface area contributed by atoms with Crippen molar-refractivity contribution in [2.24, 2.45) is 29.6 Å². The van der Waals surface area contributed by atoms with Crippen LogP contribution < -0.4 is 0 Å². The second kappa shape index (κ2) is 11.7. The van der Waals surface area contributed by atoms with E-state index in [1.807, 2.05) is 39.0 Å². The van der Waals surface area contributed by atoms with E-state index in [1.54, 1.807) is 25.3 Å². The van der Waals surface area contributed by atoms with E-state index in [9.17, 15) is 19.5 Å². The first-order valence-corrected chi connectivity index (χ1v) is 15.2. The van der Waals surface area contributed by atoms with Gasteiger partial charge in [0.15, 0.2) is 6.10 Å². The minimum atomic E-state index is -0.978. The molecule has 0 aromatic carbocycles. The van der Waals surface area contributed by atoms with Crippen LogP contribution in [0.5, 0.6) is 0 Å². The quantitative estimate of drug-likeness (QED) is 0.209. The summed E-state index contributed by atoms with van der Waals surface area (Å²) in [6.07, 6.45) is 3.50. The Kier molecular flexibility index (Phi) is 8.53. The summed E-state index contributed by atoms with van der Waals surface area (Å²) in [4.78, 5) is 41.2. The number of cyclic esters (lactones) is 1. The van der Waals surface area contributed by atoms with Gasteiger partial charge in [-0.25, -0.2) is 9.59 Å². The third-order valence-corrected chi connectivity index (χ3v) is 9.81. The number of esters is 3. The lowest BCUT2D eigenvalue weighted by molar-refractivity contribution is -0.178. The Labute approximate surface area is 247 Å². The summed E-state index contributed by atoms with van der Waals surface area (Å²) in [5.74, 6) is -3.17. The molecule has 1 aromatic heterocycles. The molecule has 224 valence electrons. The van der Waals surface area contributed by atoms with Crippen molar-refractivity contribution in [2.45, 2.75) is 76.3 Å². The van der Waals surface area contributed by atoms with E-state index in [2.05, 4.69) is 20.9 Å². The number of H-pyrrole nitrogens is 1. The molecule has 1 saturated carbocycles. The number of ether oxygens (including phenoxy) is 5. The fraction of sp³-hybridized carbons (Fsp3) is 0.633. The van der Waals surface area contributed by atoms with Crippen LogP contribution >= 0.6 is 15.9 Å². The summed E-state index contributed by atoms with van der Waals surface area (Å²) >= 11 is 3.11. The number of aliphatic hydroxyl groups is 1. The molecule has 12 atom stereocenters. The fourth-order valence-corrected chi connectivity index (χ4v) is 7.57. The molecule has 2 fully saturated rings. The van der Waals surface area contributed by atoms with Gasteiger partial charge in [-0.3, -0.25) is 4.79 Å². The van der Waals surface area contributed by atoms with E-state index in [1.165, 1.54) is 7.11 Å². The first-order chi connectivity index (χ1) is 19.5. The van der Waals surface area contributed by atoms with Gasteiger partial charge in [-0.15, -0.1) is 0 Å². The zero-order chi connectivity index (χ0) is 29.6. The molecule has 10 nitrogen and oxygen atoms in total. The molecule has 0 radical (unpaired) electrons. The number of methoxy groups -OCH3 is 1. The van der Waals surface area contributed by atoms with Crippen LogP contribution in [0.2, 0.25) is 0 Å². The van der Waals surface area contributed by atoms with Gasteiger partial charge >= 0.3 is 17.9 Å². The average Bonchev–Trinajstić information content (AvgIpc) is 3.55. The first-order valence-electron chi connectivity index (χ1n) is 14.1. The standard InChI is InChI=1S/C30H38BrNO9/c1-14-11-15(2)30-18(12-21(37-5)29(36)39-25(14)17(4)38-22(33)13-31)8-9-19-23(30)24(34)16(3)26(27(19)41-30)40-28(35)20-7-6-10-32-20/h6-11,14,16-19,21,23-27,32,34H,12-13H2,1-5H3/b15-11+/t14-,16-,17-,18-,19-,21+,23+,24-,25+,26-,27-,30+/m1/s1. The SMILES string of the molecule is CO[C@H]1C[C@H]2C=C[C@H]3[C@H]4O[C@]2(/C(C)=C/[C@@H](C)[C@@H]([C@@H](C)OC(=O)CBr)OC1=O)[C@@H]3[C@H](O)[C@@H](C)[C@H]4OC(=O)c1ccc[nH]1. The van der Waals surface area contributed by atoms with E-state index in [0.717, 1.165) is 5.57 Å². The number of nitrogens with one attached hydrogen (secondary N) is 1. The number of carbonyl (C=O) groups is 3. The van der Waals surface area contributed by atoms with Crippen molar-refractivity contribution in [1.82, 2.24) is 4.98 Å². The van der Waals surface area contributed by atoms with Crippen LogP contribution in [0, 0.1) is 29.6 Å². The minimum absolute atomic E-state index is 0.0169. The molecule has 4 bridgehead atoms. The van der Waals surface area contributed by atoms with Gasteiger partial charge in [0.05, 0.1) is 6.10 Å². The average molecular weight is 637 g/mol. The van der Waals surface area contributed by atoms with E-state index < -0.39 is 66.1 Å². The molecule has 2 N–H and O–H groups in total.